The summed E-state index contributed by atoms with van der Waals surface area (Å²) in [5.41, 5.74) is 2.40. The molecule has 0 radical (unpaired) electrons. The number of nitrogens with one attached hydrogen (secondary N) is 2. The van der Waals surface area contributed by atoms with Crippen molar-refractivity contribution in [3.8, 4) is 0 Å². The van der Waals surface area contributed by atoms with E-state index in [1.54, 1.807) is 7.05 Å². The Morgan fingerprint density at radius 1 is 1.13 bits per heavy atom. The van der Waals surface area contributed by atoms with Gasteiger partial charge in [-0.3, -0.25) is 9.67 Å². The molecule has 2 N–H and O–H groups in total. The van der Waals surface area contributed by atoms with Crippen molar-refractivity contribution >= 4 is 5.96 Å². The maximum absolute atomic E-state index is 4.42. The van der Waals surface area contributed by atoms with Crippen LogP contribution >= 0.6 is 0 Å². The molecule has 0 bridgehead atoms. The molecule has 124 valence electrons. The SMILES string of the molecule is CCCCCNC(=NC)NCc1cnn(Cc2ccccc2)c1. The average Bonchev–Trinajstić information content (AvgIpc) is 3.02. The smallest absolute Gasteiger partial charge is 0.191 e. The minimum Gasteiger partial charge on any atom is -0.356 e. The molecule has 2 aromatic rings. The van der Waals surface area contributed by atoms with Crippen LogP contribution in [0.4, 0.5) is 0 Å². The Labute approximate surface area is 138 Å². The summed E-state index contributed by atoms with van der Waals surface area (Å²) in [5.74, 6) is 0.844. The van der Waals surface area contributed by atoms with Crippen LogP contribution in [0.2, 0.25) is 0 Å². The standard InChI is InChI=1S/C18H27N5/c1-3-4-8-11-20-18(19-2)21-12-17-13-22-23(15-17)14-16-9-6-5-7-10-16/h5-7,9-10,13,15H,3-4,8,11-12,14H2,1-2H3,(H2,19,20,21). The Kier molecular flexibility index (Phi) is 7.17. The monoisotopic (exact) mass is 313 g/mol. The molecular weight excluding hydrogens is 286 g/mol. The van der Waals surface area contributed by atoms with Crippen LogP contribution in [-0.2, 0) is 13.1 Å². The van der Waals surface area contributed by atoms with Crippen molar-refractivity contribution in [1.82, 2.24) is 20.4 Å². The van der Waals surface area contributed by atoms with Gasteiger partial charge in [-0.15, -0.1) is 0 Å². The van der Waals surface area contributed by atoms with Crippen LogP contribution in [0.5, 0.6) is 0 Å². The zero-order valence-electron chi connectivity index (χ0n) is 14.1. The minimum absolute atomic E-state index is 0.724. The first-order valence-electron chi connectivity index (χ1n) is 8.31. The number of nitrogens with zero attached hydrogens (tertiary/aromatic N) is 3. The van der Waals surface area contributed by atoms with E-state index >= 15 is 0 Å². The van der Waals surface area contributed by atoms with E-state index in [9.17, 15) is 0 Å². The normalized spacial score (nSPS) is 11.5. The van der Waals surface area contributed by atoms with Crippen molar-refractivity contribution in [2.45, 2.75) is 39.3 Å². The summed E-state index contributed by atoms with van der Waals surface area (Å²) in [7, 11) is 1.80. The van der Waals surface area contributed by atoms with Crippen LogP contribution in [0.25, 0.3) is 0 Å². The highest BCUT2D eigenvalue weighted by Crippen LogP contribution is 2.03. The van der Waals surface area contributed by atoms with Crippen molar-refractivity contribution in [3.05, 3.63) is 53.9 Å². The first-order valence-corrected chi connectivity index (χ1v) is 8.31. The van der Waals surface area contributed by atoms with Gasteiger partial charge in [0.05, 0.1) is 12.7 Å². The van der Waals surface area contributed by atoms with E-state index < -0.39 is 0 Å². The van der Waals surface area contributed by atoms with E-state index in [1.807, 2.05) is 16.9 Å². The molecule has 5 heteroatoms. The lowest BCUT2D eigenvalue weighted by Crippen LogP contribution is -2.37. The molecule has 1 aromatic carbocycles. The molecule has 23 heavy (non-hydrogen) atoms. The second kappa shape index (κ2) is 9.66. The maximum Gasteiger partial charge on any atom is 0.191 e. The van der Waals surface area contributed by atoms with Gasteiger partial charge >= 0.3 is 0 Å². The van der Waals surface area contributed by atoms with E-state index in [0.717, 1.165) is 31.2 Å². The van der Waals surface area contributed by atoms with Crippen LogP contribution in [0.3, 0.4) is 0 Å². The van der Waals surface area contributed by atoms with E-state index in [0.29, 0.717) is 0 Å². The maximum atomic E-state index is 4.42. The molecule has 1 aromatic heterocycles. The van der Waals surface area contributed by atoms with Gasteiger partial charge < -0.3 is 10.6 Å². The minimum atomic E-state index is 0.724. The summed E-state index contributed by atoms with van der Waals surface area (Å²) in [4.78, 5) is 4.24. The third-order valence-electron chi connectivity index (χ3n) is 3.63. The third kappa shape index (κ3) is 6.14. The lowest BCUT2D eigenvalue weighted by Gasteiger charge is -2.10. The molecular formula is C18H27N5. The van der Waals surface area contributed by atoms with Crippen molar-refractivity contribution in [2.75, 3.05) is 13.6 Å². The quantitative estimate of drug-likeness (QED) is 0.448. The summed E-state index contributed by atoms with van der Waals surface area (Å²) in [6.07, 6.45) is 7.63. The van der Waals surface area contributed by atoms with Gasteiger partial charge in [-0.1, -0.05) is 50.1 Å². The summed E-state index contributed by atoms with van der Waals surface area (Å²) in [6, 6.07) is 10.4. The van der Waals surface area contributed by atoms with E-state index in [-0.39, 0.29) is 0 Å². The van der Waals surface area contributed by atoms with Crippen LogP contribution in [-0.4, -0.2) is 29.3 Å². The Morgan fingerprint density at radius 3 is 2.70 bits per heavy atom. The number of unbranched alkanes of at least 4 members (excludes halogenated alkanes) is 2. The number of rotatable bonds is 8. The highest BCUT2D eigenvalue weighted by molar-refractivity contribution is 5.79. The molecule has 0 atom stereocenters. The molecule has 5 nitrogen and oxygen atoms in total. The van der Waals surface area contributed by atoms with Crippen LogP contribution in [0.1, 0.15) is 37.3 Å². The van der Waals surface area contributed by atoms with Gasteiger partial charge in [0.15, 0.2) is 5.96 Å². The van der Waals surface area contributed by atoms with E-state index in [2.05, 4.69) is 58.1 Å². The summed E-state index contributed by atoms with van der Waals surface area (Å²) >= 11 is 0. The summed E-state index contributed by atoms with van der Waals surface area (Å²) in [6.45, 7) is 4.69. The number of hydrogen-bond donors (Lipinski definition) is 2. The Bertz CT molecular complexity index is 588. The molecule has 2 rings (SSSR count). The molecule has 0 saturated heterocycles. The third-order valence-corrected chi connectivity index (χ3v) is 3.63. The lowest BCUT2D eigenvalue weighted by atomic mass is 10.2. The Hall–Kier alpha value is -2.30. The predicted molar refractivity (Wildman–Crippen MR) is 95.5 cm³/mol. The molecule has 0 saturated carbocycles. The molecule has 0 unspecified atom stereocenters. The zero-order chi connectivity index (χ0) is 16.3. The van der Waals surface area contributed by atoms with Crippen molar-refractivity contribution in [1.29, 1.82) is 0 Å². The molecule has 0 aliphatic heterocycles. The molecule has 0 amide bonds. The number of aromatic nitrogens is 2. The fraction of sp³-hybridized carbons (Fsp3) is 0.444. The lowest BCUT2D eigenvalue weighted by molar-refractivity contribution is 0.680. The van der Waals surface area contributed by atoms with Gasteiger partial charge in [0.1, 0.15) is 0 Å². The fourth-order valence-corrected chi connectivity index (χ4v) is 2.34. The zero-order valence-corrected chi connectivity index (χ0v) is 14.1. The number of benzene rings is 1. The highest BCUT2D eigenvalue weighted by atomic mass is 15.3. The fourth-order valence-electron chi connectivity index (χ4n) is 2.34. The van der Waals surface area contributed by atoms with Gasteiger partial charge in [-0.05, 0) is 12.0 Å². The molecule has 0 aliphatic rings. The number of guanidine groups is 1. The predicted octanol–water partition coefficient (Wildman–Crippen LogP) is 2.79. The van der Waals surface area contributed by atoms with Gasteiger partial charge in [-0.2, -0.15) is 5.10 Å². The van der Waals surface area contributed by atoms with E-state index in [1.165, 1.54) is 24.8 Å². The first kappa shape index (κ1) is 17.1. The molecule has 0 spiro atoms. The van der Waals surface area contributed by atoms with Gasteiger partial charge in [-0.25, -0.2) is 0 Å². The highest BCUT2D eigenvalue weighted by Gasteiger charge is 2.02. The topological polar surface area (TPSA) is 54.2 Å². The van der Waals surface area contributed by atoms with Crippen LogP contribution in [0.15, 0.2) is 47.7 Å². The second-order valence-corrected chi connectivity index (χ2v) is 5.59. The van der Waals surface area contributed by atoms with Crippen LogP contribution in [0, 0.1) is 0 Å². The largest absolute Gasteiger partial charge is 0.356 e. The number of aliphatic imine (C=N–C) groups is 1. The van der Waals surface area contributed by atoms with Gasteiger partial charge in [0.2, 0.25) is 0 Å². The first-order chi connectivity index (χ1) is 11.3. The van der Waals surface area contributed by atoms with E-state index in [4.69, 9.17) is 0 Å². The van der Waals surface area contributed by atoms with Crippen molar-refractivity contribution in [3.63, 3.8) is 0 Å². The van der Waals surface area contributed by atoms with Crippen molar-refractivity contribution in [2.24, 2.45) is 4.99 Å². The van der Waals surface area contributed by atoms with Gasteiger partial charge in [0, 0.05) is 31.9 Å². The summed E-state index contributed by atoms with van der Waals surface area (Å²) < 4.78 is 1.96. The summed E-state index contributed by atoms with van der Waals surface area (Å²) in [5, 5.41) is 11.1. The Balaban J connectivity index is 1.77. The van der Waals surface area contributed by atoms with Gasteiger partial charge in [0.25, 0.3) is 0 Å². The van der Waals surface area contributed by atoms with Crippen LogP contribution < -0.4 is 10.6 Å². The second-order valence-electron chi connectivity index (χ2n) is 5.59. The molecule has 0 fully saturated rings. The van der Waals surface area contributed by atoms with Crippen molar-refractivity contribution < 1.29 is 0 Å². The average molecular weight is 313 g/mol. The molecule has 0 aliphatic carbocycles. The Morgan fingerprint density at radius 2 is 1.96 bits per heavy atom. The molecule has 1 heterocycles. The number of hydrogen-bond acceptors (Lipinski definition) is 2.